The third kappa shape index (κ3) is 2.75. The van der Waals surface area contributed by atoms with Gasteiger partial charge in [0.2, 0.25) is 5.91 Å². The Bertz CT molecular complexity index is 355. The van der Waals surface area contributed by atoms with Crippen LogP contribution in [0.25, 0.3) is 0 Å². The van der Waals surface area contributed by atoms with Crippen molar-refractivity contribution in [2.45, 2.75) is 32.6 Å². The standard InChI is InChI=1S/C13H20N2O/c1-4-9-15-12(16)13(2,3)10-5-7-11(14)8-6-10/h5-8H,4,9,14H2,1-3H3,(H,15,16). The second kappa shape index (κ2) is 5.01. The molecule has 3 N–H and O–H groups in total. The summed E-state index contributed by atoms with van der Waals surface area (Å²) in [6.45, 7) is 6.60. The molecule has 1 aromatic carbocycles. The number of nitrogens with one attached hydrogen (secondary N) is 1. The first-order chi connectivity index (χ1) is 7.48. The van der Waals surface area contributed by atoms with E-state index >= 15 is 0 Å². The number of anilines is 1. The van der Waals surface area contributed by atoms with Crippen LogP contribution in [-0.2, 0) is 10.2 Å². The van der Waals surface area contributed by atoms with E-state index < -0.39 is 5.41 Å². The molecule has 88 valence electrons. The lowest BCUT2D eigenvalue weighted by Crippen LogP contribution is -2.40. The molecular formula is C13H20N2O. The van der Waals surface area contributed by atoms with Gasteiger partial charge in [0, 0.05) is 12.2 Å². The second-order valence-corrected chi connectivity index (χ2v) is 4.50. The van der Waals surface area contributed by atoms with Crippen molar-refractivity contribution in [1.29, 1.82) is 0 Å². The average Bonchev–Trinajstić information content (AvgIpc) is 2.26. The molecule has 0 saturated heterocycles. The fourth-order valence-electron chi connectivity index (χ4n) is 1.49. The lowest BCUT2D eigenvalue weighted by atomic mass is 9.83. The summed E-state index contributed by atoms with van der Waals surface area (Å²) >= 11 is 0. The highest BCUT2D eigenvalue weighted by atomic mass is 16.2. The smallest absolute Gasteiger partial charge is 0.230 e. The molecule has 0 bridgehead atoms. The first-order valence-electron chi connectivity index (χ1n) is 5.62. The lowest BCUT2D eigenvalue weighted by Gasteiger charge is -2.24. The lowest BCUT2D eigenvalue weighted by molar-refractivity contribution is -0.125. The van der Waals surface area contributed by atoms with Crippen LogP contribution in [0.15, 0.2) is 24.3 Å². The molecule has 0 unspecified atom stereocenters. The molecule has 16 heavy (non-hydrogen) atoms. The van der Waals surface area contributed by atoms with Gasteiger partial charge in [-0.15, -0.1) is 0 Å². The summed E-state index contributed by atoms with van der Waals surface area (Å²) in [4.78, 5) is 12.0. The topological polar surface area (TPSA) is 55.1 Å². The zero-order valence-corrected chi connectivity index (χ0v) is 10.2. The summed E-state index contributed by atoms with van der Waals surface area (Å²) in [6.07, 6.45) is 0.948. The molecule has 1 rings (SSSR count). The number of hydrogen-bond acceptors (Lipinski definition) is 2. The summed E-state index contributed by atoms with van der Waals surface area (Å²) < 4.78 is 0. The molecule has 1 aromatic rings. The fourth-order valence-corrected chi connectivity index (χ4v) is 1.49. The van der Waals surface area contributed by atoms with Crippen LogP contribution in [0.1, 0.15) is 32.8 Å². The van der Waals surface area contributed by atoms with Crippen molar-refractivity contribution >= 4 is 11.6 Å². The van der Waals surface area contributed by atoms with Crippen molar-refractivity contribution in [3.05, 3.63) is 29.8 Å². The number of nitrogens with two attached hydrogens (primary N) is 1. The summed E-state index contributed by atoms with van der Waals surface area (Å²) in [7, 11) is 0. The Labute approximate surface area is 97.0 Å². The number of benzene rings is 1. The maximum absolute atomic E-state index is 12.0. The van der Waals surface area contributed by atoms with Crippen LogP contribution in [0.3, 0.4) is 0 Å². The summed E-state index contributed by atoms with van der Waals surface area (Å²) in [5.41, 5.74) is 6.81. The monoisotopic (exact) mass is 220 g/mol. The van der Waals surface area contributed by atoms with Gasteiger partial charge < -0.3 is 11.1 Å². The van der Waals surface area contributed by atoms with Crippen molar-refractivity contribution in [3.8, 4) is 0 Å². The van der Waals surface area contributed by atoms with Gasteiger partial charge in [0.25, 0.3) is 0 Å². The number of carbonyl (C=O) groups is 1. The Hall–Kier alpha value is -1.51. The van der Waals surface area contributed by atoms with Crippen LogP contribution in [0, 0.1) is 0 Å². The third-order valence-electron chi connectivity index (χ3n) is 2.74. The number of carbonyl (C=O) groups excluding carboxylic acids is 1. The molecule has 0 aliphatic rings. The third-order valence-corrected chi connectivity index (χ3v) is 2.74. The van der Waals surface area contributed by atoms with E-state index in [0.717, 1.165) is 18.5 Å². The Kier molecular flexibility index (Phi) is 3.93. The maximum atomic E-state index is 12.0. The van der Waals surface area contributed by atoms with Gasteiger partial charge in [0.05, 0.1) is 5.41 Å². The Balaban J connectivity index is 2.83. The van der Waals surface area contributed by atoms with Gasteiger partial charge in [0.15, 0.2) is 0 Å². The number of nitrogen functional groups attached to an aromatic ring is 1. The second-order valence-electron chi connectivity index (χ2n) is 4.50. The van der Waals surface area contributed by atoms with Gasteiger partial charge in [-0.1, -0.05) is 19.1 Å². The SMILES string of the molecule is CCCNC(=O)C(C)(C)c1ccc(N)cc1. The minimum absolute atomic E-state index is 0.0547. The molecule has 0 radical (unpaired) electrons. The summed E-state index contributed by atoms with van der Waals surface area (Å²) in [5, 5.41) is 2.92. The molecule has 1 amide bonds. The van der Waals surface area contributed by atoms with Gasteiger partial charge in [-0.3, -0.25) is 4.79 Å². The van der Waals surface area contributed by atoms with Gasteiger partial charge in [0.1, 0.15) is 0 Å². The van der Waals surface area contributed by atoms with Crippen LogP contribution < -0.4 is 11.1 Å². The molecule has 0 spiro atoms. The predicted molar refractivity (Wildman–Crippen MR) is 67.2 cm³/mol. The van der Waals surface area contributed by atoms with Gasteiger partial charge >= 0.3 is 0 Å². The quantitative estimate of drug-likeness (QED) is 0.763. The van der Waals surface area contributed by atoms with Crippen LogP contribution in [-0.4, -0.2) is 12.5 Å². The Morgan fingerprint density at radius 3 is 2.38 bits per heavy atom. The molecular weight excluding hydrogens is 200 g/mol. The molecule has 0 aliphatic heterocycles. The molecule has 0 saturated carbocycles. The van der Waals surface area contributed by atoms with E-state index in [9.17, 15) is 4.79 Å². The first-order valence-corrected chi connectivity index (χ1v) is 5.62. The van der Waals surface area contributed by atoms with Crippen molar-refractivity contribution in [2.75, 3.05) is 12.3 Å². The van der Waals surface area contributed by atoms with Crippen molar-refractivity contribution in [3.63, 3.8) is 0 Å². The normalized spacial score (nSPS) is 11.2. The molecule has 0 fully saturated rings. The number of amides is 1. The van der Waals surface area contributed by atoms with Crippen LogP contribution in [0.5, 0.6) is 0 Å². The van der Waals surface area contributed by atoms with E-state index in [2.05, 4.69) is 5.32 Å². The molecule has 3 nitrogen and oxygen atoms in total. The van der Waals surface area contributed by atoms with Crippen molar-refractivity contribution in [2.24, 2.45) is 0 Å². The fraction of sp³-hybridized carbons (Fsp3) is 0.462. The average molecular weight is 220 g/mol. The minimum Gasteiger partial charge on any atom is -0.399 e. The molecule has 0 aliphatic carbocycles. The van der Waals surface area contributed by atoms with Crippen molar-refractivity contribution in [1.82, 2.24) is 5.32 Å². The minimum atomic E-state index is -0.511. The van der Waals surface area contributed by atoms with E-state index in [4.69, 9.17) is 5.73 Å². The predicted octanol–water partition coefficient (Wildman–Crippen LogP) is 2.07. The van der Waals surface area contributed by atoms with Crippen molar-refractivity contribution < 1.29 is 4.79 Å². The van der Waals surface area contributed by atoms with E-state index in [0.29, 0.717) is 5.69 Å². The van der Waals surface area contributed by atoms with Gasteiger partial charge in [-0.25, -0.2) is 0 Å². The van der Waals surface area contributed by atoms with Crippen LogP contribution in [0.2, 0.25) is 0 Å². The largest absolute Gasteiger partial charge is 0.399 e. The zero-order valence-electron chi connectivity index (χ0n) is 10.2. The summed E-state index contributed by atoms with van der Waals surface area (Å²) in [6, 6.07) is 7.45. The van der Waals surface area contributed by atoms with E-state index in [1.165, 1.54) is 0 Å². The maximum Gasteiger partial charge on any atom is 0.230 e. The zero-order chi connectivity index (χ0) is 12.2. The van der Waals surface area contributed by atoms with E-state index in [-0.39, 0.29) is 5.91 Å². The molecule has 0 atom stereocenters. The summed E-state index contributed by atoms with van der Waals surface area (Å²) in [5.74, 6) is 0.0547. The van der Waals surface area contributed by atoms with Gasteiger partial charge in [-0.05, 0) is 38.0 Å². The van der Waals surface area contributed by atoms with E-state index in [1.807, 2.05) is 45.0 Å². The van der Waals surface area contributed by atoms with E-state index in [1.54, 1.807) is 0 Å². The van der Waals surface area contributed by atoms with Gasteiger partial charge in [-0.2, -0.15) is 0 Å². The molecule has 0 heterocycles. The van der Waals surface area contributed by atoms with Crippen LogP contribution >= 0.6 is 0 Å². The number of rotatable bonds is 4. The highest BCUT2D eigenvalue weighted by Crippen LogP contribution is 2.24. The first kappa shape index (κ1) is 12.6. The Morgan fingerprint density at radius 1 is 1.31 bits per heavy atom. The Morgan fingerprint density at radius 2 is 1.88 bits per heavy atom. The number of hydrogen-bond donors (Lipinski definition) is 2. The highest BCUT2D eigenvalue weighted by molar-refractivity contribution is 5.87. The van der Waals surface area contributed by atoms with Crippen LogP contribution in [0.4, 0.5) is 5.69 Å². The molecule has 3 heteroatoms. The highest BCUT2D eigenvalue weighted by Gasteiger charge is 2.28. The molecule has 0 aromatic heterocycles.